The highest BCUT2D eigenvalue weighted by Crippen LogP contribution is 2.27. The van der Waals surface area contributed by atoms with E-state index in [9.17, 15) is 19.4 Å². The molecule has 0 radical (unpaired) electrons. The number of aromatic nitrogens is 2. The summed E-state index contributed by atoms with van der Waals surface area (Å²) in [6.45, 7) is 2.47. The summed E-state index contributed by atoms with van der Waals surface area (Å²) >= 11 is 0. The van der Waals surface area contributed by atoms with Gasteiger partial charge in [0.05, 0.1) is 18.9 Å². The number of nitrogens with one attached hydrogen (secondary N) is 1. The van der Waals surface area contributed by atoms with Crippen LogP contribution in [-0.4, -0.2) is 45.1 Å². The lowest BCUT2D eigenvalue weighted by atomic mass is 10.0. The Morgan fingerprint density at radius 3 is 1.97 bits per heavy atom. The van der Waals surface area contributed by atoms with E-state index in [0.717, 1.165) is 23.6 Å². The molecule has 1 aliphatic rings. The summed E-state index contributed by atoms with van der Waals surface area (Å²) in [5.74, 6) is -0.684. The first-order valence-electron chi connectivity index (χ1n) is 14.0. The molecule has 1 aliphatic heterocycles. The molecule has 3 N–H and O–H groups in total. The minimum absolute atomic E-state index is 0.0514. The van der Waals surface area contributed by atoms with Crippen LogP contribution in [-0.2, 0) is 4.74 Å². The van der Waals surface area contributed by atoms with Gasteiger partial charge >= 0.3 is 5.69 Å². The van der Waals surface area contributed by atoms with Gasteiger partial charge in [0.1, 0.15) is 12.3 Å². The molecule has 1 aromatic rings. The Labute approximate surface area is 210 Å². The Bertz CT molecular complexity index is 746. The van der Waals surface area contributed by atoms with Crippen molar-refractivity contribution < 1.29 is 19.3 Å². The third-order valence-corrected chi connectivity index (χ3v) is 6.92. The van der Waals surface area contributed by atoms with Crippen LogP contribution < -0.4 is 11.0 Å². The van der Waals surface area contributed by atoms with E-state index in [4.69, 9.17) is 4.74 Å². The largest absolute Gasteiger partial charge is 0.394 e. The van der Waals surface area contributed by atoms with Crippen LogP contribution in [0.25, 0.3) is 0 Å². The third kappa shape index (κ3) is 11.4. The van der Waals surface area contributed by atoms with E-state index in [-0.39, 0.29) is 18.8 Å². The van der Waals surface area contributed by atoms with Crippen molar-refractivity contribution in [1.82, 2.24) is 9.55 Å². The number of aliphatic hydroxyl groups is 2. The number of hydrogen-bond donors (Lipinski definition) is 3. The minimum Gasteiger partial charge on any atom is -0.394 e. The lowest BCUT2D eigenvalue weighted by Crippen LogP contribution is -2.29. The first kappa shape index (κ1) is 29.7. The molecule has 0 aromatic carbocycles. The number of anilines is 1. The number of rotatable bonds is 20. The van der Waals surface area contributed by atoms with Crippen molar-refractivity contribution in [3.05, 3.63) is 22.5 Å². The number of ether oxygens (including phenoxy) is 1. The highest BCUT2D eigenvalue weighted by molar-refractivity contribution is 5.33. The molecular weight excluding hydrogens is 449 g/mol. The number of halogens is 1. The lowest BCUT2D eigenvalue weighted by molar-refractivity contribution is -0.0461. The molecule has 7 nitrogen and oxygen atoms in total. The van der Waals surface area contributed by atoms with E-state index in [1.807, 2.05) is 0 Å². The average Bonchev–Trinajstić information content (AvgIpc) is 3.23. The smallest absolute Gasteiger partial charge is 0.351 e. The Morgan fingerprint density at radius 2 is 1.49 bits per heavy atom. The van der Waals surface area contributed by atoms with E-state index < -0.39 is 29.9 Å². The highest BCUT2D eigenvalue weighted by atomic mass is 19.1. The maximum atomic E-state index is 14.4. The van der Waals surface area contributed by atoms with Crippen LogP contribution in [0, 0.1) is 5.82 Å². The van der Waals surface area contributed by atoms with Gasteiger partial charge in [0, 0.05) is 13.0 Å². The fourth-order valence-corrected chi connectivity index (χ4v) is 4.71. The molecule has 202 valence electrons. The molecule has 2 rings (SSSR count). The lowest BCUT2D eigenvalue weighted by Gasteiger charge is -2.15. The molecule has 0 bridgehead atoms. The van der Waals surface area contributed by atoms with Gasteiger partial charge in [0.15, 0.2) is 11.6 Å². The molecule has 0 unspecified atom stereocenters. The summed E-state index contributed by atoms with van der Waals surface area (Å²) in [5, 5.41) is 21.9. The van der Waals surface area contributed by atoms with Crippen LogP contribution in [0.1, 0.15) is 122 Å². The van der Waals surface area contributed by atoms with Gasteiger partial charge < -0.3 is 20.3 Å². The zero-order chi connectivity index (χ0) is 25.3. The summed E-state index contributed by atoms with van der Waals surface area (Å²) in [6, 6.07) is 0. The van der Waals surface area contributed by atoms with Crippen LogP contribution in [0.5, 0.6) is 0 Å². The zero-order valence-electron chi connectivity index (χ0n) is 21.7. The fourth-order valence-electron chi connectivity index (χ4n) is 4.71. The van der Waals surface area contributed by atoms with Gasteiger partial charge in [-0.15, -0.1) is 0 Å². The molecule has 8 heteroatoms. The van der Waals surface area contributed by atoms with Crippen molar-refractivity contribution in [2.75, 3.05) is 18.5 Å². The van der Waals surface area contributed by atoms with Gasteiger partial charge in [-0.05, 0) is 6.42 Å². The van der Waals surface area contributed by atoms with Crippen LogP contribution in [0.4, 0.5) is 10.2 Å². The number of hydrogen-bond acceptors (Lipinski definition) is 6. The van der Waals surface area contributed by atoms with Gasteiger partial charge in [-0.3, -0.25) is 4.57 Å². The Hall–Kier alpha value is -1.51. The quantitative estimate of drug-likeness (QED) is 0.200. The molecule has 0 aliphatic carbocycles. The first-order valence-corrected chi connectivity index (χ1v) is 14.0. The van der Waals surface area contributed by atoms with Gasteiger partial charge in [0.25, 0.3) is 0 Å². The van der Waals surface area contributed by atoms with Crippen LogP contribution >= 0.6 is 0 Å². The minimum atomic E-state index is -0.896. The molecule has 3 atom stereocenters. The van der Waals surface area contributed by atoms with Crippen LogP contribution in [0.2, 0.25) is 0 Å². The molecule has 1 fully saturated rings. The van der Waals surface area contributed by atoms with Crippen molar-refractivity contribution in [3.8, 4) is 0 Å². The van der Waals surface area contributed by atoms with Gasteiger partial charge in [-0.2, -0.15) is 4.98 Å². The molecule has 1 aromatic heterocycles. The Balaban J connectivity index is 1.47. The predicted octanol–water partition coefficient (Wildman–Crippen LogP) is 5.70. The van der Waals surface area contributed by atoms with E-state index in [0.29, 0.717) is 6.54 Å². The summed E-state index contributed by atoms with van der Waals surface area (Å²) in [5.41, 5.74) is -0.642. The second kappa shape index (κ2) is 17.8. The van der Waals surface area contributed by atoms with Crippen molar-refractivity contribution in [1.29, 1.82) is 0 Å². The number of unbranched alkanes of at least 4 members (excludes halogenated alkanes) is 15. The Kier molecular flexibility index (Phi) is 15.2. The molecule has 1 saturated heterocycles. The summed E-state index contributed by atoms with van der Waals surface area (Å²) in [7, 11) is 0. The van der Waals surface area contributed by atoms with Crippen molar-refractivity contribution in [3.63, 3.8) is 0 Å². The molecule has 0 saturated carbocycles. The topological polar surface area (TPSA) is 96.6 Å². The standard InChI is InChI=1S/C27H48FN3O4/c1-2-3-4-5-6-7-8-9-10-11-12-13-14-15-16-17-18-29-26-22(28)20-31(27(34)30-26)25-19-23(33)24(21-32)35-25/h20,23-25,32-33H,2-19,21H2,1H3,(H,29,30,34)/t23-,24+,25+/m0/s1. The van der Waals surface area contributed by atoms with E-state index in [1.54, 1.807) is 0 Å². The summed E-state index contributed by atoms with van der Waals surface area (Å²) in [4.78, 5) is 16.1. The molecule has 35 heavy (non-hydrogen) atoms. The molecular formula is C27H48FN3O4. The number of aliphatic hydroxyl groups excluding tert-OH is 2. The van der Waals surface area contributed by atoms with Gasteiger partial charge in [0.2, 0.25) is 0 Å². The van der Waals surface area contributed by atoms with Crippen molar-refractivity contribution in [2.45, 2.75) is 135 Å². The molecule has 2 heterocycles. The fraction of sp³-hybridized carbons (Fsp3) is 0.852. The van der Waals surface area contributed by atoms with Crippen LogP contribution in [0.3, 0.4) is 0 Å². The average molecular weight is 498 g/mol. The van der Waals surface area contributed by atoms with E-state index >= 15 is 0 Å². The maximum Gasteiger partial charge on any atom is 0.351 e. The van der Waals surface area contributed by atoms with Crippen molar-refractivity contribution in [2.24, 2.45) is 0 Å². The first-order chi connectivity index (χ1) is 17.1. The second-order valence-electron chi connectivity index (χ2n) is 9.97. The molecule has 0 spiro atoms. The molecule has 0 amide bonds. The summed E-state index contributed by atoms with van der Waals surface area (Å²) in [6.07, 6.45) is 19.5. The SMILES string of the molecule is CCCCCCCCCCCCCCCCCCNc1nc(=O)n([C@H]2C[C@H](O)[C@@H](CO)O2)cc1F. The highest BCUT2D eigenvalue weighted by Gasteiger charge is 2.35. The van der Waals surface area contributed by atoms with E-state index in [1.165, 1.54) is 89.9 Å². The van der Waals surface area contributed by atoms with Gasteiger partial charge in [-0.25, -0.2) is 9.18 Å². The maximum absolute atomic E-state index is 14.4. The second-order valence-corrected chi connectivity index (χ2v) is 9.97. The van der Waals surface area contributed by atoms with E-state index in [2.05, 4.69) is 17.2 Å². The Morgan fingerprint density at radius 1 is 0.971 bits per heavy atom. The van der Waals surface area contributed by atoms with Crippen LogP contribution in [0.15, 0.2) is 11.0 Å². The zero-order valence-corrected chi connectivity index (χ0v) is 21.7. The predicted molar refractivity (Wildman–Crippen MR) is 138 cm³/mol. The van der Waals surface area contributed by atoms with Crippen molar-refractivity contribution >= 4 is 5.82 Å². The number of nitrogens with zero attached hydrogens (tertiary/aromatic N) is 2. The summed E-state index contributed by atoms with van der Waals surface area (Å²) < 4.78 is 20.9. The normalized spacial score (nSPS) is 19.9. The monoisotopic (exact) mass is 497 g/mol. The van der Waals surface area contributed by atoms with Gasteiger partial charge in [-0.1, -0.05) is 103 Å². The third-order valence-electron chi connectivity index (χ3n) is 6.92.